The van der Waals surface area contributed by atoms with Crippen LogP contribution in [-0.2, 0) is 19.6 Å². The number of amides is 1. The molecule has 0 saturated heterocycles. The predicted molar refractivity (Wildman–Crippen MR) is 97.3 cm³/mol. The van der Waals surface area contributed by atoms with Gasteiger partial charge in [-0.25, -0.2) is 0 Å². The van der Waals surface area contributed by atoms with Crippen LogP contribution in [0.1, 0.15) is 34.0 Å². The molecule has 3 rings (SSSR count). The Morgan fingerprint density at radius 3 is 2.80 bits per heavy atom. The molecule has 0 unspecified atom stereocenters. The fourth-order valence-electron chi connectivity index (χ4n) is 2.88. The zero-order valence-corrected chi connectivity index (χ0v) is 15.1. The fraction of sp³-hybridized carbons (Fsp3) is 0.316. The van der Waals surface area contributed by atoms with Gasteiger partial charge in [0.25, 0.3) is 5.91 Å². The highest BCUT2D eigenvalue weighted by Gasteiger charge is 2.16. The molecule has 2 N–H and O–H groups in total. The van der Waals surface area contributed by atoms with Gasteiger partial charge >= 0.3 is 0 Å². The van der Waals surface area contributed by atoms with Crippen LogP contribution in [0.3, 0.4) is 0 Å². The van der Waals surface area contributed by atoms with E-state index < -0.39 is 0 Å². The van der Waals surface area contributed by atoms with E-state index in [0.717, 1.165) is 18.7 Å². The Labute approximate surface area is 152 Å². The number of nitrogens with one attached hydrogen (secondary N) is 2. The molecule has 6 heteroatoms. The summed E-state index contributed by atoms with van der Waals surface area (Å²) in [6.07, 6.45) is 0. The van der Waals surface area contributed by atoms with Crippen molar-refractivity contribution in [3.63, 3.8) is 0 Å². The Balaban J connectivity index is 1.71. The largest absolute Gasteiger partial charge is 0.493 e. The summed E-state index contributed by atoms with van der Waals surface area (Å²) < 4.78 is 10.8. The number of rotatable bonds is 6. The van der Waals surface area contributed by atoms with Gasteiger partial charge in [-0.1, -0.05) is 29.8 Å². The van der Waals surface area contributed by atoms with Crippen molar-refractivity contribution in [3.05, 3.63) is 57.6 Å². The second-order valence-electron chi connectivity index (χ2n) is 5.81. The van der Waals surface area contributed by atoms with Crippen LogP contribution in [0.4, 0.5) is 0 Å². The molecule has 0 aliphatic carbocycles. The van der Waals surface area contributed by atoms with Crippen LogP contribution in [0.2, 0.25) is 5.02 Å². The minimum Gasteiger partial charge on any atom is -0.493 e. The lowest BCUT2D eigenvalue weighted by atomic mass is 10.1. The van der Waals surface area contributed by atoms with E-state index in [1.54, 1.807) is 12.1 Å². The molecule has 5 nitrogen and oxygen atoms in total. The molecule has 0 aromatic heterocycles. The van der Waals surface area contributed by atoms with Gasteiger partial charge in [0.2, 0.25) is 0 Å². The zero-order chi connectivity index (χ0) is 17.8. The molecule has 25 heavy (non-hydrogen) atoms. The number of ether oxygens (including phenoxy) is 2. The number of hydrogen-bond donors (Lipinski definition) is 2. The van der Waals surface area contributed by atoms with E-state index in [1.807, 2.05) is 13.0 Å². The fourth-order valence-corrected chi connectivity index (χ4v) is 3.14. The molecule has 1 amide bonds. The third-order valence-corrected chi connectivity index (χ3v) is 4.42. The van der Waals surface area contributed by atoms with E-state index in [4.69, 9.17) is 21.1 Å². The number of fused-ring (bicyclic) bond motifs is 1. The molecule has 1 aliphatic heterocycles. The first kappa shape index (κ1) is 17.6. The smallest absolute Gasteiger partial charge is 0.251 e. The Morgan fingerprint density at radius 2 is 2.04 bits per heavy atom. The summed E-state index contributed by atoms with van der Waals surface area (Å²) in [5, 5.41) is 6.59. The number of methoxy groups -OCH3 is 1. The molecular weight excluding hydrogens is 340 g/mol. The summed E-state index contributed by atoms with van der Waals surface area (Å²) in [6, 6.07) is 9.50. The van der Waals surface area contributed by atoms with Crippen molar-refractivity contribution in [3.8, 4) is 11.5 Å². The van der Waals surface area contributed by atoms with Crippen LogP contribution < -0.4 is 20.1 Å². The Morgan fingerprint density at radius 1 is 1.24 bits per heavy atom. The average molecular weight is 361 g/mol. The normalized spacial score (nSPS) is 12.6. The molecular formula is C19H21ClN2O3. The predicted octanol–water partition coefficient (Wildman–Crippen LogP) is 3.28. The lowest BCUT2D eigenvalue weighted by Gasteiger charge is -2.13. The number of hydrogen-bond acceptors (Lipinski definition) is 4. The number of carbonyl (C=O) groups excluding carboxylic acids is 1. The zero-order valence-electron chi connectivity index (χ0n) is 14.3. The Bertz CT molecular complexity index is 792. The quantitative estimate of drug-likeness (QED) is 0.830. The highest BCUT2D eigenvalue weighted by Crippen LogP contribution is 2.36. The van der Waals surface area contributed by atoms with Crippen LogP contribution in [0.25, 0.3) is 0 Å². The first-order valence-corrected chi connectivity index (χ1v) is 8.60. The van der Waals surface area contributed by atoms with Gasteiger partial charge in [0.1, 0.15) is 0 Å². The van der Waals surface area contributed by atoms with Gasteiger partial charge in [0.15, 0.2) is 11.5 Å². The molecule has 132 valence electrons. The van der Waals surface area contributed by atoms with Crippen LogP contribution in [0.15, 0.2) is 30.3 Å². The number of benzene rings is 2. The average Bonchev–Trinajstić information content (AvgIpc) is 3.09. The molecule has 1 heterocycles. The first-order chi connectivity index (χ1) is 12.1. The summed E-state index contributed by atoms with van der Waals surface area (Å²) >= 11 is 6.23. The second-order valence-corrected chi connectivity index (χ2v) is 6.22. The van der Waals surface area contributed by atoms with E-state index in [1.165, 1.54) is 18.2 Å². The lowest BCUT2D eigenvalue weighted by molar-refractivity contribution is 0.0950. The topological polar surface area (TPSA) is 59.6 Å². The summed E-state index contributed by atoms with van der Waals surface area (Å²) in [6.45, 7) is 4.58. The molecule has 2 aromatic carbocycles. The van der Waals surface area contributed by atoms with E-state index >= 15 is 0 Å². The molecule has 0 saturated carbocycles. The van der Waals surface area contributed by atoms with Gasteiger partial charge in [-0.05, 0) is 35.7 Å². The number of carbonyl (C=O) groups is 1. The summed E-state index contributed by atoms with van der Waals surface area (Å²) in [4.78, 5) is 12.5. The SMILES string of the molecule is CCOc1c(Cl)cc(C(=O)NCc2ccc3c(c2)CNC3)cc1OC. The first-order valence-electron chi connectivity index (χ1n) is 8.22. The Kier molecular flexibility index (Phi) is 5.46. The maximum atomic E-state index is 12.5. The third-order valence-electron chi connectivity index (χ3n) is 4.13. The van der Waals surface area contributed by atoms with Crippen molar-refractivity contribution in [2.45, 2.75) is 26.6 Å². The van der Waals surface area contributed by atoms with E-state index in [0.29, 0.717) is 35.2 Å². The van der Waals surface area contributed by atoms with Crippen LogP contribution in [-0.4, -0.2) is 19.6 Å². The monoisotopic (exact) mass is 360 g/mol. The van der Waals surface area contributed by atoms with Crippen molar-refractivity contribution in [1.82, 2.24) is 10.6 Å². The van der Waals surface area contributed by atoms with Crippen molar-refractivity contribution >= 4 is 17.5 Å². The van der Waals surface area contributed by atoms with Gasteiger partial charge in [-0.2, -0.15) is 0 Å². The van der Waals surface area contributed by atoms with E-state index in [2.05, 4.69) is 22.8 Å². The van der Waals surface area contributed by atoms with Gasteiger partial charge in [-0.3, -0.25) is 4.79 Å². The summed E-state index contributed by atoms with van der Waals surface area (Å²) in [7, 11) is 1.52. The van der Waals surface area contributed by atoms with Gasteiger partial charge in [0, 0.05) is 25.2 Å². The van der Waals surface area contributed by atoms with Crippen molar-refractivity contribution in [2.24, 2.45) is 0 Å². The standard InChI is InChI=1S/C19H21ClN2O3/c1-3-25-18-16(20)7-14(8-17(18)24-2)19(23)22-9-12-4-5-13-10-21-11-15(13)6-12/h4-8,21H,3,9-11H2,1-2H3,(H,22,23). The van der Waals surface area contributed by atoms with Crippen LogP contribution >= 0.6 is 11.6 Å². The van der Waals surface area contributed by atoms with Gasteiger partial charge in [-0.15, -0.1) is 0 Å². The summed E-state index contributed by atoms with van der Waals surface area (Å²) in [5.74, 6) is 0.694. The molecule has 0 radical (unpaired) electrons. The summed E-state index contributed by atoms with van der Waals surface area (Å²) in [5.41, 5.74) is 4.11. The maximum absolute atomic E-state index is 12.5. The highest BCUT2D eigenvalue weighted by molar-refractivity contribution is 6.32. The van der Waals surface area contributed by atoms with Crippen LogP contribution in [0.5, 0.6) is 11.5 Å². The molecule has 2 aromatic rings. The molecule has 0 atom stereocenters. The van der Waals surface area contributed by atoms with Gasteiger partial charge < -0.3 is 20.1 Å². The molecule has 0 fully saturated rings. The van der Waals surface area contributed by atoms with E-state index in [9.17, 15) is 4.79 Å². The molecule has 1 aliphatic rings. The van der Waals surface area contributed by atoms with Crippen molar-refractivity contribution in [1.29, 1.82) is 0 Å². The highest BCUT2D eigenvalue weighted by atomic mass is 35.5. The van der Waals surface area contributed by atoms with Crippen LogP contribution in [0, 0.1) is 0 Å². The van der Waals surface area contributed by atoms with Crippen molar-refractivity contribution in [2.75, 3.05) is 13.7 Å². The minimum atomic E-state index is -0.207. The molecule has 0 spiro atoms. The third kappa shape index (κ3) is 3.89. The second kappa shape index (κ2) is 7.76. The number of halogens is 1. The van der Waals surface area contributed by atoms with Crippen molar-refractivity contribution < 1.29 is 14.3 Å². The molecule has 0 bridgehead atoms. The van der Waals surface area contributed by atoms with Gasteiger partial charge in [0.05, 0.1) is 18.7 Å². The minimum absolute atomic E-state index is 0.207. The van der Waals surface area contributed by atoms with E-state index in [-0.39, 0.29) is 5.91 Å². The Hall–Kier alpha value is -2.24. The maximum Gasteiger partial charge on any atom is 0.251 e. The lowest BCUT2D eigenvalue weighted by Crippen LogP contribution is -2.23.